The first kappa shape index (κ1) is 13.6. The Bertz CT molecular complexity index is 898. The van der Waals surface area contributed by atoms with Crippen molar-refractivity contribution in [2.45, 2.75) is 11.8 Å². The average molecular weight is 321 g/mol. The van der Waals surface area contributed by atoms with Crippen LogP contribution in [0.25, 0.3) is 20.8 Å². The normalized spacial score (nSPS) is 14.3. The molecule has 6 heteroatoms. The third-order valence-electron chi connectivity index (χ3n) is 2.94. The van der Waals surface area contributed by atoms with Gasteiger partial charge in [-0.15, -0.1) is 11.3 Å². The van der Waals surface area contributed by atoms with E-state index in [1.807, 2.05) is 25.1 Å². The van der Waals surface area contributed by atoms with Crippen LogP contribution in [-0.2, 0) is 20.0 Å². The number of nitrogens with zero attached hydrogens (tertiary/aromatic N) is 1. The van der Waals surface area contributed by atoms with Crippen LogP contribution in [-0.4, -0.2) is 13.7 Å². The molecule has 0 saturated carbocycles. The van der Waals surface area contributed by atoms with E-state index in [2.05, 4.69) is 11.1 Å². The summed E-state index contributed by atoms with van der Waals surface area (Å²) in [5, 5.41) is 0.716. The molecule has 3 nitrogen and oxygen atoms in total. The Morgan fingerprint density at radius 3 is 2.75 bits per heavy atom. The minimum atomic E-state index is -3.43. The van der Waals surface area contributed by atoms with Crippen LogP contribution >= 0.6 is 11.3 Å². The van der Waals surface area contributed by atoms with Crippen LogP contribution in [0.5, 0.6) is 0 Å². The Labute approximate surface area is 125 Å². The zero-order valence-corrected chi connectivity index (χ0v) is 13.0. The summed E-state index contributed by atoms with van der Waals surface area (Å²) in [7, 11) is -3.43. The summed E-state index contributed by atoms with van der Waals surface area (Å²) in [6.07, 6.45) is 0. The van der Waals surface area contributed by atoms with Gasteiger partial charge in [0.2, 0.25) is 0 Å². The monoisotopic (exact) mass is 321 g/mol. The Hall–Kier alpha value is -1.34. The van der Waals surface area contributed by atoms with Crippen molar-refractivity contribution in [3.63, 3.8) is 0 Å². The number of aromatic nitrogens is 1. The fourth-order valence-corrected chi connectivity index (χ4v) is 4.31. The van der Waals surface area contributed by atoms with Gasteiger partial charge >= 0.3 is 0 Å². The van der Waals surface area contributed by atoms with Crippen LogP contribution < -0.4 is 0 Å². The Balaban J connectivity index is 2.26. The summed E-state index contributed by atoms with van der Waals surface area (Å²) in [5.74, 6) is 0. The molecule has 0 radical (unpaired) electrons. The summed E-state index contributed by atoms with van der Waals surface area (Å²) in [6.45, 7) is 2.02. The molecule has 0 aliphatic carbocycles. The van der Waals surface area contributed by atoms with Crippen molar-refractivity contribution < 1.29 is 8.76 Å². The molecule has 1 atom stereocenters. The number of hydrogen-bond acceptors (Lipinski definition) is 4. The molecule has 1 N–H and O–H groups in total. The fourth-order valence-electron chi connectivity index (χ4n) is 2.02. The second-order valence-corrected chi connectivity index (χ2v) is 8.24. The topological polar surface area (TPSA) is 50.2 Å². The molecular weight excluding hydrogens is 310 g/mol. The maximum atomic E-state index is 11.8. The number of thiazole rings is 1. The van der Waals surface area contributed by atoms with Crippen molar-refractivity contribution >= 4 is 41.5 Å². The molecular formula is C14H11NO2S3. The lowest BCUT2D eigenvalue weighted by atomic mass is 10.2. The third kappa shape index (κ3) is 2.47. The molecule has 20 heavy (non-hydrogen) atoms. The molecule has 0 amide bonds. The smallest absolute Gasteiger partial charge is 0.171 e. The highest BCUT2D eigenvalue weighted by atomic mass is 32.8. The minimum Gasteiger partial charge on any atom is -0.302 e. The highest BCUT2D eigenvalue weighted by Gasteiger charge is 2.16. The molecule has 2 aromatic carbocycles. The van der Waals surface area contributed by atoms with Crippen LogP contribution in [0.4, 0.5) is 0 Å². The fraction of sp³-hybridized carbons (Fsp3) is 0.0714. The van der Waals surface area contributed by atoms with Crippen molar-refractivity contribution in [1.29, 1.82) is 0 Å². The highest BCUT2D eigenvalue weighted by Crippen LogP contribution is 2.34. The largest absolute Gasteiger partial charge is 0.302 e. The maximum Gasteiger partial charge on any atom is 0.171 e. The molecule has 0 aliphatic heterocycles. The lowest BCUT2D eigenvalue weighted by Gasteiger charge is -2.05. The number of rotatable bonds is 2. The zero-order chi connectivity index (χ0) is 14.3. The van der Waals surface area contributed by atoms with Gasteiger partial charge in [0.05, 0.1) is 15.1 Å². The van der Waals surface area contributed by atoms with E-state index in [4.69, 9.17) is 11.2 Å². The first-order chi connectivity index (χ1) is 9.45. The quantitative estimate of drug-likeness (QED) is 0.779. The van der Waals surface area contributed by atoms with E-state index >= 15 is 0 Å². The molecule has 102 valence electrons. The van der Waals surface area contributed by atoms with Crippen LogP contribution in [0.15, 0.2) is 47.4 Å². The van der Waals surface area contributed by atoms with Gasteiger partial charge in [-0.3, -0.25) is 0 Å². The molecule has 1 aromatic heterocycles. The first-order valence-electron chi connectivity index (χ1n) is 5.89. The third-order valence-corrected chi connectivity index (χ3v) is 5.44. The van der Waals surface area contributed by atoms with E-state index in [0.717, 1.165) is 15.8 Å². The Morgan fingerprint density at radius 1 is 1.25 bits per heavy atom. The molecule has 0 spiro atoms. The SMILES string of the molecule is Cc1ccc2nc(-c3ccccc3S(=O)(O)=S)sc2c1. The Morgan fingerprint density at radius 2 is 2.00 bits per heavy atom. The van der Waals surface area contributed by atoms with E-state index < -0.39 is 8.77 Å². The highest BCUT2D eigenvalue weighted by molar-refractivity contribution is 8.29. The zero-order valence-electron chi connectivity index (χ0n) is 10.6. The lowest BCUT2D eigenvalue weighted by Crippen LogP contribution is -1.98. The van der Waals surface area contributed by atoms with Crippen molar-refractivity contribution in [1.82, 2.24) is 4.98 Å². The van der Waals surface area contributed by atoms with Crippen molar-refractivity contribution in [3.05, 3.63) is 48.0 Å². The summed E-state index contributed by atoms with van der Waals surface area (Å²) >= 11 is 6.20. The van der Waals surface area contributed by atoms with Gasteiger partial charge in [-0.1, -0.05) is 24.3 Å². The minimum absolute atomic E-state index is 0.255. The lowest BCUT2D eigenvalue weighted by molar-refractivity contribution is 0.562. The second kappa shape index (κ2) is 4.89. The summed E-state index contributed by atoms with van der Waals surface area (Å²) in [5.41, 5.74) is 2.68. The van der Waals surface area contributed by atoms with Gasteiger partial charge < -0.3 is 4.55 Å². The molecule has 0 fully saturated rings. The second-order valence-electron chi connectivity index (χ2n) is 4.46. The van der Waals surface area contributed by atoms with Crippen LogP contribution in [0.1, 0.15) is 5.56 Å². The van der Waals surface area contributed by atoms with Crippen molar-refractivity contribution in [2.24, 2.45) is 0 Å². The number of fused-ring (bicyclic) bond motifs is 1. The van der Waals surface area contributed by atoms with Gasteiger partial charge in [0.25, 0.3) is 0 Å². The van der Waals surface area contributed by atoms with Crippen molar-refractivity contribution in [3.8, 4) is 10.6 Å². The number of hydrogen-bond donors (Lipinski definition) is 1. The van der Waals surface area contributed by atoms with Gasteiger partial charge in [-0.25, -0.2) is 9.19 Å². The van der Waals surface area contributed by atoms with Gasteiger partial charge in [0, 0.05) is 16.8 Å². The van der Waals surface area contributed by atoms with E-state index in [-0.39, 0.29) is 4.90 Å². The number of aryl methyl sites for hydroxylation is 1. The van der Waals surface area contributed by atoms with E-state index in [0.29, 0.717) is 10.6 Å². The van der Waals surface area contributed by atoms with Gasteiger partial charge in [-0.05, 0) is 30.7 Å². The van der Waals surface area contributed by atoms with Crippen LogP contribution in [0.3, 0.4) is 0 Å². The summed E-state index contributed by atoms with van der Waals surface area (Å²) < 4.78 is 22.5. The van der Waals surface area contributed by atoms with Crippen LogP contribution in [0.2, 0.25) is 0 Å². The first-order valence-corrected chi connectivity index (χ1v) is 9.15. The average Bonchev–Trinajstić information content (AvgIpc) is 2.80. The predicted molar refractivity (Wildman–Crippen MR) is 86.2 cm³/mol. The molecule has 0 bridgehead atoms. The van der Waals surface area contributed by atoms with Crippen molar-refractivity contribution in [2.75, 3.05) is 0 Å². The van der Waals surface area contributed by atoms with E-state index in [1.54, 1.807) is 18.2 Å². The summed E-state index contributed by atoms with van der Waals surface area (Å²) in [6, 6.07) is 12.9. The van der Waals surface area contributed by atoms with Crippen LogP contribution in [0, 0.1) is 6.92 Å². The Kier molecular flexibility index (Phi) is 3.33. The molecule has 1 heterocycles. The van der Waals surface area contributed by atoms with E-state index in [1.165, 1.54) is 11.3 Å². The molecule has 3 aromatic rings. The van der Waals surface area contributed by atoms with Gasteiger partial charge in [0.15, 0.2) is 8.77 Å². The van der Waals surface area contributed by atoms with Gasteiger partial charge in [0.1, 0.15) is 5.01 Å². The predicted octanol–water partition coefficient (Wildman–Crippen LogP) is 3.85. The van der Waals surface area contributed by atoms with E-state index in [9.17, 15) is 8.76 Å². The molecule has 0 aliphatic rings. The maximum absolute atomic E-state index is 11.8. The summed E-state index contributed by atoms with van der Waals surface area (Å²) in [4.78, 5) is 4.79. The molecule has 3 rings (SSSR count). The van der Waals surface area contributed by atoms with Gasteiger partial charge in [-0.2, -0.15) is 0 Å². The molecule has 1 unspecified atom stereocenters. The number of benzene rings is 2. The standard InChI is InChI=1S/C14H11NO2S3/c1-9-6-7-11-12(8-9)19-14(15-11)10-4-2-3-5-13(10)20(16,17)18/h2-8H,1H3,(H,16,17,18). The molecule has 0 saturated heterocycles.